The van der Waals surface area contributed by atoms with Gasteiger partial charge in [-0.05, 0) is 93.7 Å². The third-order valence-corrected chi connectivity index (χ3v) is 9.92. The van der Waals surface area contributed by atoms with Crippen LogP contribution < -0.4 is 5.32 Å². The van der Waals surface area contributed by atoms with Gasteiger partial charge in [-0.1, -0.05) is 53.7 Å². The number of hydrogen-bond donors (Lipinski definition) is 1. The lowest BCUT2D eigenvalue weighted by Gasteiger charge is -2.46. The van der Waals surface area contributed by atoms with Crippen LogP contribution in [0, 0.1) is 22.7 Å². The lowest BCUT2D eigenvalue weighted by molar-refractivity contribution is -0.608. The van der Waals surface area contributed by atoms with Crippen LogP contribution in [0.1, 0.15) is 142 Å². The fourth-order valence-electron chi connectivity index (χ4n) is 7.24. The fraction of sp³-hybridized carbons (Fsp3) is 0.730. The van der Waals surface area contributed by atoms with Crippen LogP contribution in [0.4, 0.5) is 0 Å². The maximum absolute atomic E-state index is 14.5. The predicted octanol–water partition coefficient (Wildman–Crippen LogP) is 7.28. The van der Waals surface area contributed by atoms with Crippen LogP contribution in [0.5, 0.6) is 0 Å². The van der Waals surface area contributed by atoms with Crippen molar-refractivity contribution in [3.8, 4) is 0 Å². The van der Waals surface area contributed by atoms with E-state index in [0.717, 1.165) is 62.6 Å². The molecule has 1 spiro atoms. The number of rotatable bonds is 9. The van der Waals surface area contributed by atoms with Gasteiger partial charge in [0.25, 0.3) is 5.91 Å². The minimum atomic E-state index is -0.548. The zero-order valence-electron chi connectivity index (χ0n) is 29.1. The first kappa shape index (κ1) is 34.2. The number of nitrogens with one attached hydrogen (secondary N) is 1. The van der Waals surface area contributed by atoms with Gasteiger partial charge in [0.05, 0.1) is 12.5 Å². The number of benzene rings is 1. The molecule has 7 nitrogen and oxygen atoms in total. The molecule has 0 saturated heterocycles. The Bertz CT molecular complexity index is 1250. The number of esters is 1. The highest BCUT2D eigenvalue weighted by Crippen LogP contribution is 2.51. The molecule has 1 aliphatic heterocycles. The van der Waals surface area contributed by atoms with Gasteiger partial charge in [-0.15, -0.1) is 0 Å². The number of carbonyl (C=O) groups excluding carboxylic acids is 3. The Morgan fingerprint density at radius 3 is 2.07 bits per heavy atom. The first-order valence-electron chi connectivity index (χ1n) is 16.9. The summed E-state index contributed by atoms with van der Waals surface area (Å²) in [7, 11) is 2.18. The molecule has 0 bridgehead atoms. The zero-order valence-corrected chi connectivity index (χ0v) is 29.1. The molecule has 44 heavy (non-hydrogen) atoms. The molecule has 244 valence electrons. The largest absolute Gasteiger partial charge is 0.460 e. The molecule has 2 saturated carbocycles. The quantitative estimate of drug-likeness (QED) is 0.236. The number of ether oxygens (including phenoxy) is 1. The molecule has 2 aliphatic carbocycles. The van der Waals surface area contributed by atoms with E-state index >= 15 is 0 Å². The molecule has 2 amide bonds. The molecular weight excluding hydrogens is 550 g/mol. The van der Waals surface area contributed by atoms with E-state index in [9.17, 15) is 14.4 Å². The van der Waals surface area contributed by atoms with Crippen LogP contribution in [0.25, 0.3) is 0 Å². The molecule has 2 fully saturated rings. The highest BCUT2D eigenvalue weighted by atomic mass is 16.6. The molecule has 1 atom stereocenters. The normalized spacial score (nSPS) is 23.7. The van der Waals surface area contributed by atoms with E-state index in [1.807, 2.05) is 45.0 Å². The van der Waals surface area contributed by atoms with Gasteiger partial charge in [0, 0.05) is 30.9 Å². The molecular formula is C37H58N3O4+. The Kier molecular flexibility index (Phi) is 9.78. The van der Waals surface area contributed by atoms with Gasteiger partial charge in [0.2, 0.25) is 11.4 Å². The first-order valence-corrected chi connectivity index (χ1v) is 16.9. The summed E-state index contributed by atoms with van der Waals surface area (Å²) < 4.78 is 7.74. The summed E-state index contributed by atoms with van der Waals surface area (Å²) in [6.45, 7) is 19.5. The lowest BCUT2D eigenvalue weighted by Crippen LogP contribution is -2.56. The average molecular weight is 609 g/mol. The van der Waals surface area contributed by atoms with Gasteiger partial charge in [-0.2, -0.15) is 0 Å². The Hall–Kier alpha value is -2.70. The van der Waals surface area contributed by atoms with Gasteiger partial charge >= 0.3 is 11.9 Å². The van der Waals surface area contributed by atoms with Gasteiger partial charge in [-0.3, -0.25) is 19.3 Å². The van der Waals surface area contributed by atoms with Gasteiger partial charge < -0.3 is 10.1 Å². The van der Waals surface area contributed by atoms with Crippen molar-refractivity contribution in [2.75, 3.05) is 13.6 Å². The molecule has 0 radical (unpaired) electrons. The first-order chi connectivity index (χ1) is 20.3. The van der Waals surface area contributed by atoms with Crippen molar-refractivity contribution in [2.24, 2.45) is 22.7 Å². The zero-order chi connectivity index (χ0) is 32.7. The maximum Gasteiger partial charge on any atom is 0.319 e. The maximum atomic E-state index is 14.5. The number of carbonyl (C=O) groups is 3. The minimum absolute atomic E-state index is 0.0732. The molecule has 1 unspecified atom stereocenters. The van der Waals surface area contributed by atoms with E-state index in [2.05, 4.69) is 63.4 Å². The molecule has 1 heterocycles. The van der Waals surface area contributed by atoms with Crippen molar-refractivity contribution >= 4 is 23.5 Å². The van der Waals surface area contributed by atoms with Gasteiger partial charge in [0.15, 0.2) is 0 Å². The second-order valence-corrected chi connectivity index (χ2v) is 16.8. The van der Waals surface area contributed by atoms with E-state index < -0.39 is 5.60 Å². The Balaban J connectivity index is 1.59. The number of nitrogens with zero attached hydrogens (tertiary/aromatic N) is 2. The molecule has 7 heteroatoms. The van der Waals surface area contributed by atoms with E-state index in [1.54, 1.807) is 0 Å². The van der Waals surface area contributed by atoms with E-state index in [1.165, 1.54) is 0 Å². The number of hydrogen-bond acceptors (Lipinski definition) is 4. The van der Waals surface area contributed by atoms with Gasteiger partial charge in [-0.25, -0.2) is 4.58 Å². The van der Waals surface area contributed by atoms with Crippen LogP contribution in [0.15, 0.2) is 24.3 Å². The molecule has 1 aromatic carbocycles. The smallest absolute Gasteiger partial charge is 0.319 e. The number of amides is 2. The molecule has 3 aliphatic rings. The Labute approximate surface area is 266 Å². The summed E-state index contributed by atoms with van der Waals surface area (Å²) in [6.07, 6.45) is 8.38. The van der Waals surface area contributed by atoms with Crippen molar-refractivity contribution in [3.63, 3.8) is 0 Å². The SMILES string of the molecule is C[N+]1=C(C2CC2)C(=O)N(C(CCC(C)(C)C)c2ccc(C(=O)NCCC(=O)OC(C)(C)C)cc2)C12CCC(C(C)(C)C)CC2. The van der Waals surface area contributed by atoms with Crippen molar-refractivity contribution in [1.82, 2.24) is 10.2 Å². The summed E-state index contributed by atoms with van der Waals surface area (Å²) in [6, 6.07) is 7.72. The van der Waals surface area contributed by atoms with Crippen molar-refractivity contribution < 1.29 is 23.7 Å². The second-order valence-electron chi connectivity index (χ2n) is 16.8. The van der Waals surface area contributed by atoms with Crippen molar-refractivity contribution in [2.45, 2.75) is 137 Å². The highest BCUT2D eigenvalue weighted by molar-refractivity contribution is 6.39. The minimum Gasteiger partial charge on any atom is -0.460 e. The molecule has 4 rings (SSSR count). The van der Waals surface area contributed by atoms with Gasteiger partial charge in [0.1, 0.15) is 12.6 Å². The summed E-state index contributed by atoms with van der Waals surface area (Å²) in [5.41, 5.74) is 2.16. The van der Waals surface area contributed by atoms with Crippen molar-refractivity contribution in [3.05, 3.63) is 35.4 Å². The monoisotopic (exact) mass is 608 g/mol. The molecule has 0 aromatic heterocycles. The fourth-order valence-corrected chi connectivity index (χ4v) is 7.24. The average Bonchev–Trinajstić information content (AvgIpc) is 3.71. The third-order valence-electron chi connectivity index (χ3n) is 9.92. The topological polar surface area (TPSA) is 78.7 Å². The third kappa shape index (κ3) is 7.92. The predicted molar refractivity (Wildman–Crippen MR) is 176 cm³/mol. The van der Waals surface area contributed by atoms with Crippen LogP contribution in [0.3, 0.4) is 0 Å². The molecule has 1 N–H and O–H groups in total. The summed E-state index contributed by atoms with van der Waals surface area (Å²) in [5, 5.41) is 2.85. The van der Waals surface area contributed by atoms with Crippen LogP contribution in [-0.2, 0) is 14.3 Å². The van der Waals surface area contributed by atoms with Crippen LogP contribution in [0.2, 0.25) is 0 Å². The van der Waals surface area contributed by atoms with Crippen LogP contribution >= 0.6 is 0 Å². The Morgan fingerprint density at radius 1 is 0.977 bits per heavy atom. The van der Waals surface area contributed by atoms with Crippen molar-refractivity contribution in [1.29, 1.82) is 0 Å². The molecule has 1 aromatic rings. The second kappa shape index (κ2) is 12.6. The lowest BCUT2D eigenvalue weighted by atomic mass is 9.69. The standard InChI is InChI=1S/C37H57N3O4/c1-34(2,3)21-19-29(25-11-15-27(16-12-25)32(42)38-24-20-30(41)44-36(7,8)9)40-33(43)31(26-13-14-26)39(10)37(40)22-17-28(18-23-37)35(4,5)6/h11-12,15-16,26,28-29H,13-14,17-24H2,1-10H3/p+1. The summed E-state index contributed by atoms with van der Waals surface area (Å²) >= 11 is 0. The van der Waals surface area contributed by atoms with E-state index in [-0.39, 0.29) is 53.3 Å². The summed E-state index contributed by atoms with van der Waals surface area (Å²) in [5.74, 6) is 0.689. The highest BCUT2D eigenvalue weighted by Gasteiger charge is 2.63. The summed E-state index contributed by atoms with van der Waals surface area (Å²) in [4.78, 5) is 41.7. The van der Waals surface area contributed by atoms with Crippen LogP contribution in [-0.4, -0.2) is 57.8 Å². The van der Waals surface area contributed by atoms with E-state index in [4.69, 9.17) is 4.74 Å². The van der Waals surface area contributed by atoms with E-state index in [0.29, 0.717) is 17.4 Å². The Morgan fingerprint density at radius 2 is 1.57 bits per heavy atom.